The average Bonchev–Trinajstić information content (AvgIpc) is 2.29. The normalized spacial score (nSPS) is 12.4. The molecule has 0 bridgehead atoms. The largest absolute Gasteiger partial charge is 0.497 e. The Morgan fingerprint density at radius 3 is 2.53 bits per heavy atom. The molecule has 1 atom stereocenters. The highest BCUT2D eigenvalue weighted by Gasteiger charge is 2.02. The van der Waals surface area contributed by atoms with Crippen LogP contribution in [0, 0.1) is 0 Å². The van der Waals surface area contributed by atoms with Crippen LogP contribution in [0.2, 0.25) is 0 Å². The van der Waals surface area contributed by atoms with Gasteiger partial charge in [-0.1, -0.05) is 6.92 Å². The second-order valence-corrected chi connectivity index (χ2v) is 4.65. The van der Waals surface area contributed by atoms with Crippen molar-refractivity contribution in [2.24, 2.45) is 0 Å². The van der Waals surface area contributed by atoms with Gasteiger partial charge in [0.05, 0.1) is 17.9 Å². The Kier molecular flexibility index (Phi) is 5.36. The first-order valence-electron chi connectivity index (χ1n) is 5.01. The maximum atomic E-state index is 11.7. The van der Waals surface area contributed by atoms with Crippen LogP contribution in [0.4, 0.5) is 0 Å². The minimum absolute atomic E-state index is 0.653. The number of ether oxygens (including phenoxy) is 1. The molecule has 1 N–H and O–H groups in total. The summed E-state index contributed by atoms with van der Waals surface area (Å²) in [5.41, 5.74) is 0. The fourth-order valence-electron chi connectivity index (χ4n) is 1.19. The van der Waals surface area contributed by atoms with Crippen molar-refractivity contribution in [3.8, 4) is 5.75 Å². The number of benzene rings is 1. The topological polar surface area (TPSA) is 38.3 Å². The van der Waals surface area contributed by atoms with Gasteiger partial charge in [-0.25, -0.2) is 0 Å². The Labute approximate surface area is 93.3 Å². The van der Waals surface area contributed by atoms with Gasteiger partial charge in [0.25, 0.3) is 0 Å². The summed E-state index contributed by atoms with van der Waals surface area (Å²) >= 11 is 0. The first kappa shape index (κ1) is 12.2. The van der Waals surface area contributed by atoms with Crippen LogP contribution in [-0.4, -0.2) is 30.2 Å². The summed E-state index contributed by atoms with van der Waals surface area (Å²) in [6, 6.07) is 7.36. The summed E-state index contributed by atoms with van der Waals surface area (Å²) in [4.78, 5) is 0.855. The van der Waals surface area contributed by atoms with E-state index in [9.17, 15) is 4.21 Å². The summed E-state index contributed by atoms with van der Waals surface area (Å²) in [7, 11) is 0.709. The van der Waals surface area contributed by atoms with Crippen LogP contribution in [0.15, 0.2) is 29.2 Å². The van der Waals surface area contributed by atoms with Crippen LogP contribution in [0.3, 0.4) is 0 Å². The Hall–Kier alpha value is -0.870. The van der Waals surface area contributed by atoms with Crippen molar-refractivity contribution in [1.29, 1.82) is 0 Å². The molecule has 15 heavy (non-hydrogen) atoms. The molecule has 0 spiro atoms. The highest BCUT2D eigenvalue weighted by atomic mass is 32.2. The fraction of sp³-hybridized carbons (Fsp3) is 0.455. The molecule has 0 amide bonds. The van der Waals surface area contributed by atoms with E-state index in [-0.39, 0.29) is 0 Å². The van der Waals surface area contributed by atoms with Gasteiger partial charge < -0.3 is 10.1 Å². The zero-order valence-electron chi connectivity index (χ0n) is 9.16. The maximum Gasteiger partial charge on any atom is 0.118 e. The van der Waals surface area contributed by atoms with Crippen molar-refractivity contribution in [2.45, 2.75) is 11.8 Å². The molecule has 0 radical (unpaired) electrons. The summed E-state index contributed by atoms with van der Waals surface area (Å²) < 4.78 is 16.8. The SMILES string of the molecule is CCNCCS(=O)c1ccc(OC)cc1. The second-order valence-electron chi connectivity index (χ2n) is 3.08. The van der Waals surface area contributed by atoms with Crippen molar-refractivity contribution >= 4 is 10.8 Å². The lowest BCUT2D eigenvalue weighted by atomic mass is 10.3. The minimum Gasteiger partial charge on any atom is -0.497 e. The van der Waals surface area contributed by atoms with E-state index in [4.69, 9.17) is 4.74 Å². The standard InChI is InChI=1S/C11H17NO2S/c1-3-12-8-9-15(13)11-6-4-10(14-2)5-7-11/h4-7,12H,3,8-9H2,1-2H3. The molecule has 3 nitrogen and oxygen atoms in total. The van der Waals surface area contributed by atoms with Gasteiger partial charge >= 0.3 is 0 Å². The van der Waals surface area contributed by atoms with Gasteiger partial charge in [0.1, 0.15) is 5.75 Å². The van der Waals surface area contributed by atoms with Gasteiger partial charge in [-0.15, -0.1) is 0 Å². The molecule has 1 rings (SSSR count). The molecule has 0 saturated carbocycles. The van der Waals surface area contributed by atoms with Crippen molar-refractivity contribution in [3.05, 3.63) is 24.3 Å². The Balaban J connectivity index is 2.50. The molecule has 84 valence electrons. The third-order valence-corrected chi connectivity index (χ3v) is 3.41. The van der Waals surface area contributed by atoms with Gasteiger partial charge in [0.2, 0.25) is 0 Å². The molecule has 0 saturated heterocycles. The van der Waals surface area contributed by atoms with Crippen LogP contribution in [0.5, 0.6) is 5.75 Å². The lowest BCUT2D eigenvalue weighted by molar-refractivity contribution is 0.414. The smallest absolute Gasteiger partial charge is 0.118 e. The van der Waals surface area contributed by atoms with Crippen LogP contribution in [0.25, 0.3) is 0 Å². The quantitative estimate of drug-likeness (QED) is 0.747. The van der Waals surface area contributed by atoms with E-state index < -0.39 is 10.8 Å². The molecule has 4 heteroatoms. The second kappa shape index (κ2) is 6.58. The number of nitrogens with one attached hydrogen (secondary N) is 1. The predicted octanol–water partition coefficient (Wildman–Crippen LogP) is 1.41. The Morgan fingerprint density at radius 2 is 2.00 bits per heavy atom. The van der Waals surface area contributed by atoms with E-state index in [2.05, 4.69) is 5.32 Å². The highest BCUT2D eigenvalue weighted by molar-refractivity contribution is 7.85. The van der Waals surface area contributed by atoms with Gasteiger partial charge in [0.15, 0.2) is 0 Å². The van der Waals surface area contributed by atoms with Crippen molar-refractivity contribution in [3.63, 3.8) is 0 Å². The lowest BCUT2D eigenvalue weighted by Crippen LogP contribution is -2.19. The Bertz CT molecular complexity index is 311. The monoisotopic (exact) mass is 227 g/mol. The van der Waals surface area contributed by atoms with Crippen LogP contribution < -0.4 is 10.1 Å². The molecular formula is C11H17NO2S. The summed E-state index contributed by atoms with van der Waals surface area (Å²) in [6.45, 7) is 3.74. The van der Waals surface area contributed by atoms with E-state index in [1.165, 1.54) is 0 Å². The molecule has 0 aliphatic heterocycles. The molecule has 1 aromatic carbocycles. The summed E-state index contributed by atoms with van der Waals surface area (Å²) in [6.07, 6.45) is 0. The highest BCUT2D eigenvalue weighted by Crippen LogP contribution is 2.13. The molecule has 0 aliphatic carbocycles. The predicted molar refractivity (Wildman–Crippen MR) is 62.8 cm³/mol. The van der Waals surface area contributed by atoms with Gasteiger partial charge in [-0.05, 0) is 30.8 Å². The van der Waals surface area contributed by atoms with E-state index >= 15 is 0 Å². The minimum atomic E-state index is -0.913. The van der Waals surface area contributed by atoms with Crippen molar-refractivity contribution in [1.82, 2.24) is 5.32 Å². The molecule has 0 aliphatic rings. The van der Waals surface area contributed by atoms with Crippen molar-refractivity contribution in [2.75, 3.05) is 26.0 Å². The fourth-order valence-corrected chi connectivity index (χ4v) is 2.19. The van der Waals surface area contributed by atoms with E-state index in [1.54, 1.807) is 7.11 Å². The number of hydrogen-bond donors (Lipinski definition) is 1. The zero-order valence-corrected chi connectivity index (χ0v) is 9.97. The molecule has 1 unspecified atom stereocenters. The summed E-state index contributed by atoms with van der Waals surface area (Å²) in [5.74, 6) is 1.45. The first-order valence-corrected chi connectivity index (χ1v) is 6.33. The zero-order chi connectivity index (χ0) is 11.1. The van der Waals surface area contributed by atoms with Crippen molar-refractivity contribution < 1.29 is 8.95 Å². The van der Waals surface area contributed by atoms with E-state index in [1.807, 2.05) is 31.2 Å². The Morgan fingerprint density at radius 1 is 1.33 bits per heavy atom. The van der Waals surface area contributed by atoms with E-state index in [0.717, 1.165) is 23.7 Å². The summed E-state index contributed by atoms with van der Waals surface area (Å²) in [5, 5.41) is 3.15. The molecule has 0 heterocycles. The molecule has 1 aromatic rings. The van der Waals surface area contributed by atoms with Crippen LogP contribution >= 0.6 is 0 Å². The molecule has 0 aromatic heterocycles. The third-order valence-electron chi connectivity index (χ3n) is 2.04. The number of rotatable bonds is 6. The van der Waals surface area contributed by atoms with Crippen LogP contribution in [0.1, 0.15) is 6.92 Å². The van der Waals surface area contributed by atoms with Gasteiger partial charge in [-0.2, -0.15) is 0 Å². The first-order chi connectivity index (χ1) is 7.27. The van der Waals surface area contributed by atoms with Crippen LogP contribution in [-0.2, 0) is 10.8 Å². The van der Waals surface area contributed by atoms with Gasteiger partial charge in [-0.3, -0.25) is 4.21 Å². The molecule has 0 fully saturated rings. The van der Waals surface area contributed by atoms with Gasteiger partial charge in [0, 0.05) is 17.2 Å². The lowest BCUT2D eigenvalue weighted by Gasteiger charge is -2.04. The van der Waals surface area contributed by atoms with E-state index in [0.29, 0.717) is 5.75 Å². The third kappa shape index (κ3) is 4.01. The number of hydrogen-bond acceptors (Lipinski definition) is 3. The number of methoxy groups -OCH3 is 1. The average molecular weight is 227 g/mol. The molecular weight excluding hydrogens is 210 g/mol. The maximum absolute atomic E-state index is 11.7.